The van der Waals surface area contributed by atoms with Crippen LogP contribution < -0.4 is 5.32 Å². The van der Waals surface area contributed by atoms with Gasteiger partial charge in [-0.1, -0.05) is 20.8 Å². The molecule has 2 N–H and O–H groups in total. The Kier molecular flexibility index (Phi) is 7.34. The summed E-state index contributed by atoms with van der Waals surface area (Å²) in [6, 6.07) is 0.0467. The SMILES string of the molecule is COC(=O)C(C)C(C)NC(CO)CC(C)C. The van der Waals surface area contributed by atoms with Gasteiger partial charge in [-0.2, -0.15) is 0 Å². The lowest BCUT2D eigenvalue weighted by Gasteiger charge is -2.26. The van der Waals surface area contributed by atoms with Gasteiger partial charge in [0, 0.05) is 12.1 Å². The number of aliphatic hydroxyl groups excluding tert-OH is 1. The molecule has 0 rings (SSSR count). The first-order valence-corrected chi connectivity index (χ1v) is 5.87. The topological polar surface area (TPSA) is 58.6 Å². The summed E-state index contributed by atoms with van der Waals surface area (Å²) in [7, 11) is 1.39. The van der Waals surface area contributed by atoms with Gasteiger partial charge < -0.3 is 15.2 Å². The highest BCUT2D eigenvalue weighted by Gasteiger charge is 2.23. The van der Waals surface area contributed by atoms with Crippen molar-refractivity contribution in [3.63, 3.8) is 0 Å². The fraction of sp³-hybridized carbons (Fsp3) is 0.917. The molecule has 0 amide bonds. The van der Waals surface area contributed by atoms with E-state index >= 15 is 0 Å². The average Bonchev–Trinajstić information content (AvgIpc) is 2.25. The van der Waals surface area contributed by atoms with Crippen molar-refractivity contribution in [3.8, 4) is 0 Å². The van der Waals surface area contributed by atoms with Gasteiger partial charge in [0.2, 0.25) is 0 Å². The van der Waals surface area contributed by atoms with Crippen LogP contribution in [0.15, 0.2) is 0 Å². The highest BCUT2D eigenvalue weighted by atomic mass is 16.5. The summed E-state index contributed by atoms with van der Waals surface area (Å²) >= 11 is 0. The minimum atomic E-state index is -0.221. The third-order valence-electron chi connectivity index (χ3n) is 2.80. The zero-order valence-electron chi connectivity index (χ0n) is 11.0. The molecule has 0 saturated carbocycles. The van der Waals surface area contributed by atoms with E-state index in [0.29, 0.717) is 5.92 Å². The van der Waals surface area contributed by atoms with E-state index in [1.54, 1.807) is 0 Å². The Morgan fingerprint density at radius 2 is 1.88 bits per heavy atom. The molecule has 4 heteroatoms. The van der Waals surface area contributed by atoms with Crippen molar-refractivity contribution in [2.45, 2.75) is 46.2 Å². The van der Waals surface area contributed by atoms with Crippen LogP contribution in [0.25, 0.3) is 0 Å². The summed E-state index contributed by atoms with van der Waals surface area (Å²) in [5.41, 5.74) is 0. The van der Waals surface area contributed by atoms with Crippen molar-refractivity contribution in [1.82, 2.24) is 5.32 Å². The van der Waals surface area contributed by atoms with Gasteiger partial charge in [0.25, 0.3) is 0 Å². The Balaban J connectivity index is 4.18. The van der Waals surface area contributed by atoms with Crippen LogP contribution in [0.5, 0.6) is 0 Å². The monoisotopic (exact) mass is 231 g/mol. The van der Waals surface area contributed by atoms with E-state index in [1.165, 1.54) is 7.11 Å². The predicted octanol–water partition coefficient (Wildman–Crippen LogP) is 1.18. The van der Waals surface area contributed by atoms with Gasteiger partial charge >= 0.3 is 5.97 Å². The molecule has 0 saturated heterocycles. The maximum absolute atomic E-state index is 11.3. The van der Waals surface area contributed by atoms with Gasteiger partial charge in [-0.25, -0.2) is 0 Å². The molecule has 0 aromatic carbocycles. The minimum Gasteiger partial charge on any atom is -0.469 e. The number of methoxy groups -OCH3 is 1. The molecule has 0 aliphatic rings. The first-order valence-electron chi connectivity index (χ1n) is 5.87. The van der Waals surface area contributed by atoms with Gasteiger partial charge in [0.05, 0.1) is 19.6 Å². The highest BCUT2D eigenvalue weighted by molar-refractivity contribution is 5.72. The second-order valence-electron chi connectivity index (χ2n) is 4.78. The molecule has 96 valence electrons. The van der Waals surface area contributed by atoms with E-state index in [-0.39, 0.29) is 30.6 Å². The molecule has 3 atom stereocenters. The lowest BCUT2D eigenvalue weighted by molar-refractivity contribution is -0.145. The normalized spacial score (nSPS) is 16.9. The maximum atomic E-state index is 11.3. The second kappa shape index (κ2) is 7.63. The van der Waals surface area contributed by atoms with Crippen LogP contribution in [0.1, 0.15) is 34.1 Å². The van der Waals surface area contributed by atoms with Crippen LogP contribution in [0.4, 0.5) is 0 Å². The Morgan fingerprint density at radius 1 is 1.31 bits per heavy atom. The number of carbonyl (C=O) groups is 1. The lowest BCUT2D eigenvalue weighted by Crippen LogP contribution is -2.45. The number of ether oxygens (including phenoxy) is 1. The predicted molar refractivity (Wildman–Crippen MR) is 64.1 cm³/mol. The van der Waals surface area contributed by atoms with E-state index < -0.39 is 0 Å². The van der Waals surface area contributed by atoms with Gasteiger partial charge in [-0.3, -0.25) is 4.79 Å². The molecule has 0 fully saturated rings. The Bertz CT molecular complexity index is 206. The van der Waals surface area contributed by atoms with E-state index in [1.807, 2.05) is 13.8 Å². The van der Waals surface area contributed by atoms with Gasteiger partial charge in [-0.05, 0) is 19.3 Å². The molecule has 0 aliphatic heterocycles. The Morgan fingerprint density at radius 3 is 2.25 bits per heavy atom. The summed E-state index contributed by atoms with van der Waals surface area (Å²) in [6.07, 6.45) is 0.898. The molecule has 4 nitrogen and oxygen atoms in total. The first kappa shape index (κ1) is 15.4. The Labute approximate surface area is 98.4 Å². The van der Waals surface area contributed by atoms with E-state index in [9.17, 15) is 9.90 Å². The molecular formula is C12H25NO3. The van der Waals surface area contributed by atoms with Gasteiger partial charge in [-0.15, -0.1) is 0 Å². The summed E-state index contributed by atoms with van der Waals surface area (Å²) in [5.74, 6) is 0.0951. The maximum Gasteiger partial charge on any atom is 0.309 e. The van der Waals surface area contributed by atoms with E-state index in [0.717, 1.165) is 6.42 Å². The number of nitrogens with one attached hydrogen (secondary N) is 1. The molecule has 0 bridgehead atoms. The fourth-order valence-electron chi connectivity index (χ4n) is 1.67. The van der Waals surface area contributed by atoms with Crippen LogP contribution in [0.2, 0.25) is 0 Å². The van der Waals surface area contributed by atoms with Gasteiger partial charge in [0.1, 0.15) is 0 Å². The largest absolute Gasteiger partial charge is 0.469 e. The van der Waals surface area contributed by atoms with Crippen molar-refractivity contribution in [2.24, 2.45) is 11.8 Å². The number of rotatable bonds is 7. The number of hydrogen-bond donors (Lipinski definition) is 2. The molecule has 0 heterocycles. The van der Waals surface area contributed by atoms with E-state index in [4.69, 9.17) is 0 Å². The van der Waals surface area contributed by atoms with Crippen LogP contribution in [0, 0.1) is 11.8 Å². The van der Waals surface area contributed by atoms with Gasteiger partial charge in [0.15, 0.2) is 0 Å². The number of aliphatic hydroxyl groups is 1. The quantitative estimate of drug-likeness (QED) is 0.646. The standard InChI is InChI=1S/C12H25NO3/c1-8(2)6-11(7-14)13-10(4)9(3)12(15)16-5/h8-11,13-14H,6-7H2,1-5H3. The van der Waals surface area contributed by atoms with Crippen molar-refractivity contribution in [3.05, 3.63) is 0 Å². The van der Waals surface area contributed by atoms with Crippen LogP contribution in [-0.4, -0.2) is 36.9 Å². The molecule has 0 aliphatic carbocycles. The molecule has 0 aromatic heterocycles. The summed E-state index contributed by atoms with van der Waals surface area (Å²) in [6.45, 7) is 8.08. The third kappa shape index (κ3) is 5.47. The molecule has 3 unspecified atom stereocenters. The smallest absolute Gasteiger partial charge is 0.309 e. The van der Waals surface area contributed by atoms with Crippen molar-refractivity contribution < 1.29 is 14.6 Å². The van der Waals surface area contributed by atoms with Crippen LogP contribution >= 0.6 is 0 Å². The fourth-order valence-corrected chi connectivity index (χ4v) is 1.67. The number of esters is 1. The second-order valence-corrected chi connectivity index (χ2v) is 4.78. The molecule has 0 spiro atoms. The lowest BCUT2D eigenvalue weighted by atomic mass is 9.99. The van der Waals surface area contributed by atoms with E-state index in [2.05, 4.69) is 23.9 Å². The van der Waals surface area contributed by atoms with Crippen molar-refractivity contribution in [2.75, 3.05) is 13.7 Å². The Hall–Kier alpha value is -0.610. The van der Waals surface area contributed by atoms with Crippen molar-refractivity contribution in [1.29, 1.82) is 0 Å². The summed E-state index contributed by atoms with van der Waals surface area (Å²) < 4.78 is 4.69. The van der Waals surface area contributed by atoms with Crippen molar-refractivity contribution >= 4 is 5.97 Å². The zero-order valence-corrected chi connectivity index (χ0v) is 11.0. The third-order valence-corrected chi connectivity index (χ3v) is 2.80. The minimum absolute atomic E-state index is 0.00310. The van der Waals surface area contributed by atoms with Crippen LogP contribution in [-0.2, 0) is 9.53 Å². The number of carbonyl (C=O) groups excluding carboxylic acids is 1. The molecule has 0 radical (unpaired) electrons. The molecule has 16 heavy (non-hydrogen) atoms. The molecular weight excluding hydrogens is 206 g/mol. The summed E-state index contributed by atoms with van der Waals surface area (Å²) in [5, 5.41) is 12.5. The highest BCUT2D eigenvalue weighted by Crippen LogP contribution is 2.09. The zero-order chi connectivity index (χ0) is 12.7. The average molecular weight is 231 g/mol. The number of hydrogen-bond acceptors (Lipinski definition) is 4. The van der Waals surface area contributed by atoms with Crippen LogP contribution in [0.3, 0.4) is 0 Å². The molecule has 0 aromatic rings. The summed E-state index contributed by atoms with van der Waals surface area (Å²) in [4.78, 5) is 11.3. The first-order chi connectivity index (χ1) is 7.42.